The van der Waals surface area contributed by atoms with Crippen LogP contribution in [0, 0.1) is 6.92 Å². The second-order valence-electron chi connectivity index (χ2n) is 6.16. The van der Waals surface area contributed by atoms with Gasteiger partial charge in [-0.1, -0.05) is 0 Å². The van der Waals surface area contributed by atoms with E-state index in [4.69, 9.17) is 0 Å². The van der Waals surface area contributed by atoms with Crippen molar-refractivity contribution in [3.05, 3.63) is 41.9 Å². The van der Waals surface area contributed by atoms with Crippen molar-refractivity contribution >= 4 is 11.8 Å². The topological polar surface area (TPSA) is 57.2 Å². The van der Waals surface area contributed by atoms with Crippen LogP contribution in [0.2, 0.25) is 0 Å². The van der Waals surface area contributed by atoms with Crippen LogP contribution in [0.3, 0.4) is 0 Å². The maximum atomic E-state index is 4.64. The molecule has 128 valence electrons. The minimum absolute atomic E-state index is 0.729. The van der Waals surface area contributed by atoms with Gasteiger partial charge in [0.15, 0.2) is 0 Å². The first-order valence-corrected chi connectivity index (χ1v) is 8.70. The van der Waals surface area contributed by atoms with Crippen molar-refractivity contribution in [1.29, 1.82) is 0 Å². The van der Waals surface area contributed by atoms with Gasteiger partial charge in [0.2, 0.25) is 5.95 Å². The van der Waals surface area contributed by atoms with Gasteiger partial charge in [-0.2, -0.15) is 4.98 Å². The van der Waals surface area contributed by atoms with Crippen LogP contribution < -0.4 is 10.2 Å². The van der Waals surface area contributed by atoms with Crippen molar-refractivity contribution in [2.45, 2.75) is 20.3 Å². The highest BCUT2D eigenvalue weighted by atomic mass is 15.3. The summed E-state index contributed by atoms with van der Waals surface area (Å²) in [6, 6.07) is 6.28. The summed E-state index contributed by atoms with van der Waals surface area (Å²) < 4.78 is 0. The number of nitrogens with zero attached hydrogens (tertiary/aromatic N) is 5. The van der Waals surface area contributed by atoms with Gasteiger partial charge in [0.1, 0.15) is 5.82 Å². The Morgan fingerprint density at radius 1 is 1.08 bits per heavy atom. The zero-order valence-corrected chi connectivity index (χ0v) is 14.6. The lowest BCUT2D eigenvalue weighted by atomic mass is 10.2. The number of nitrogens with one attached hydrogen (secondary N) is 1. The van der Waals surface area contributed by atoms with Crippen molar-refractivity contribution in [3.63, 3.8) is 0 Å². The molecule has 1 saturated heterocycles. The second kappa shape index (κ2) is 8.06. The number of rotatable bonds is 6. The molecule has 0 radical (unpaired) electrons. The molecular weight excluding hydrogens is 300 g/mol. The molecule has 3 heterocycles. The second-order valence-corrected chi connectivity index (χ2v) is 6.16. The van der Waals surface area contributed by atoms with Crippen LogP contribution in [0.1, 0.15) is 18.2 Å². The average Bonchev–Trinajstić information content (AvgIpc) is 2.61. The molecule has 0 amide bonds. The van der Waals surface area contributed by atoms with Gasteiger partial charge in [0, 0.05) is 63.4 Å². The molecular formula is C18H26N6. The first-order valence-electron chi connectivity index (χ1n) is 8.70. The van der Waals surface area contributed by atoms with Gasteiger partial charge in [-0.05, 0) is 38.0 Å². The van der Waals surface area contributed by atoms with Gasteiger partial charge in [0.25, 0.3) is 0 Å². The minimum atomic E-state index is 0.729. The summed E-state index contributed by atoms with van der Waals surface area (Å²) in [7, 11) is 0. The van der Waals surface area contributed by atoms with E-state index in [-0.39, 0.29) is 0 Å². The van der Waals surface area contributed by atoms with Crippen molar-refractivity contribution in [3.8, 4) is 0 Å². The summed E-state index contributed by atoms with van der Waals surface area (Å²) in [5.74, 6) is 1.76. The molecule has 0 saturated carbocycles. The minimum Gasteiger partial charge on any atom is -0.354 e. The number of hydrogen-bond donors (Lipinski definition) is 1. The third-order valence-electron chi connectivity index (χ3n) is 4.34. The number of aromatic nitrogens is 3. The summed E-state index contributed by atoms with van der Waals surface area (Å²) >= 11 is 0. The normalized spacial score (nSPS) is 15.5. The van der Waals surface area contributed by atoms with Gasteiger partial charge in [-0.15, -0.1) is 0 Å². The Bertz CT molecular complexity index is 637. The van der Waals surface area contributed by atoms with Gasteiger partial charge >= 0.3 is 0 Å². The van der Waals surface area contributed by atoms with Crippen LogP contribution >= 0.6 is 0 Å². The quantitative estimate of drug-likeness (QED) is 0.876. The molecule has 0 spiro atoms. The lowest BCUT2D eigenvalue weighted by Crippen LogP contribution is -2.47. The molecule has 2 aromatic rings. The number of pyridine rings is 1. The highest BCUT2D eigenvalue weighted by Gasteiger charge is 2.18. The molecule has 0 aliphatic carbocycles. The molecule has 0 unspecified atom stereocenters. The van der Waals surface area contributed by atoms with Gasteiger partial charge in [-0.25, -0.2) is 4.98 Å². The third-order valence-corrected chi connectivity index (χ3v) is 4.34. The SMILES string of the molecule is CCNc1nc(C)cc(N2CCN(CCc3ccncc3)CC2)n1. The predicted molar refractivity (Wildman–Crippen MR) is 97.5 cm³/mol. The maximum absolute atomic E-state index is 4.64. The van der Waals surface area contributed by atoms with Crippen molar-refractivity contribution in [2.75, 3.05) is 49.5 Å². The largest absolute Gasteiger partial charge is 0.354 e. The van der Waals surface area contributed by atoms with E-state index in [1.807, 2.05) is 19.3 Å². The van der Waals surface area contributed by atoms with Crippen molar-refractivity contribution in [2.24, 2.45) is 0 Å². The molecule has 2 aromatic heterocycles. The highest BCUT2D eigenvalue weighted by Crippen LogP contribution is 2.17. The van der Waals surface area contributed by atoms with E-state index in [0.717, 1.165) is 63.1 Å². The van der Waals surface area contributed by atoms with E-state index >= 15 is 0 Å². The van der Waals surface area contributed by atoms with Crippen molar-refractivity contribution in [1.82, 2.24) is 19.9 Å². The molecule has 6 nitrogen and oxygen atoms in total. The van der Waals surface area contributed by atoms with Gasteiger partial charge in [0.05, 0.1) is 0 Å². The van der Waals surface area contributed by atoms with Gasteiger partial charge < -0.3 is 10.2 Å². The Labute approximate surface area is 143 Å². The van der Waals surface area contributed by atoms with E-state index in [1.165, 1.54) is 5.56 Å². The van der Waals surface area contributed by atoms with E-state index in [9.17, 15) is 0 Å². The zero-order valence-electron chi connectivity index (χ0n) is 14.6. The van der Waals surface area contributed by atoms with Crippen LogP contribution in [0.5, 0.6) is 0 Å². The Hall–Kier alpha value is -2.21. The molecule has 0 bridgehead atoms. The van der Waals surface area contributed by atoms with E-state index in [1.54, 1.807) is 0 Å². The fourth-order valence-corrected chi connectivity index (χ4v) is 2.99. The average molecular weight is 326 g/mol. The number of aryl methyl sites for hydroxylation is 1. The van der Waals surface area contributed by atoms with E-state index < -0.39 is 0 Å². The lowest BCUT2D eigenvalue weighted by Gasteiger charge is -2.35. The van der Waals surface area contributed by atoms with Crippen LogP contribution in [0.15, 0.2) is 30.6 Å². The summed E-state index contributed by atoms with van der Waals surface area (Å²) in [6.45, 7) is 10.2. The monoisotopic (exact) mass is 326 g/mol. The fourth-order valence-electron chi connectivity index (χ4n) is 2.99. The number of anilines is 2. The fraction of sp³-hybridized carbons (Fsp3) is 0.500. The summed E-state index contributed by atoms with van der Waals surface area (Å²) in [6.07, 6.45) is 4.82. The molecule has 0 aromatic carbocycles. The van der Waals surface area contributed by atoms with Crippen LogP contribution in [0.25, 0.3) is 0 Å². The third kappa shape index (κ3) is 4.41. The predicted octanol–water partition coefficient (Wildman–Crippen LogP) is 1.98. The van der Waals surface area contributed by atoms with Crippen LogP contribution in [-0.2, 0) is 6.42 Å². The van der Waals surface area contributed by atoms with E-state index in [2.05, 4.69) is 55.2 Å². The molecule has 1 N–H and O–H groups in total. The smallest absolute Gasteiger partial charge is 0.224 e. The molecule has 1 aliphatic heterocycles. The molecule has 6 heteroatoms. The highest BCUT2D eigenvalue weighted by molar-refractivity contribution is 5.45. The Morgan fingerprint density at radius 2 is 1.83 bits per heavy atom. The summed E-state index contributed by atoms with van der Waals surface area (Å²) in [5.41, 5.74) is 2.37. The summed E-state index contributed by atoms with van der Waals surface area (Å²) in [5, 5.41) is 3.21. The molecule has 24 heavy (non-hydrogen) atoms. The molecule has 0 atom stereocenters. The van der Waals surface area contributed by atoms with Crippen molar-refractivity contribution < 1.29 is 0 Å². The summed E-state index contributed by atoms with van der Waals surface area (Å²) in [4.78, 5) is 18.0. The zero-order chi connectivity index (χ0) is 16.8. The van der Waals surface area contributed by atoms with E-state index in [0.29, 0.717) is 0 Å². The Balaban J connectivity index is 1.53. The number of hydrogen-bond acceptors (Lipinski definition) is 6. The standard InChI is InChI=1S/C18H26N6/c1-3-20-18-21-15(2)14-17(22-18)24-12-10-23(11-13-24)9-6-16-4-7-19-8-5-16/h4-5,7-8,14H,3,6,9-13H2,1-2H3,(H,20,21,22). The molecule has 1 aliphatic rings. The Morgan fingerprint density at radius 3 is 2.54 bits per heavy atom. The van der Waals surface area contributed by atoms with Gasteiger partial charge in [-0.3, -0.25) is 9.88 Å². The van der Waals surface area contributed by atoms with Crippen LogP contribution in [0.4, 0.5) is 11.8 Å². The molecule has 3 rings (SSSR count). The maximum Gasteiger partial charge on any atom is 0.224 e. The Kier molecular flexibility index (Phi) is 5.59. The number of piperazine rings is 1. The first-order chi connectivity index (χ1) is 11.7. The first kappa shape index (κ1) is 16.6. The van der Waals surface area contributed by atoms with Crippen LogP contribution in [-0.4, -0.2) is 59.1 Å². The lowest BCUT2D eigenvalue weighted by molar-refractivity contribution is 0.260. The molecule has 1 fully saturated rings.